The third kappa shape index (κ3) is 3.51. The van der Waals surface area contributed by atoms with Crippen LogP contribution in [0.25, 0.3) is 6.08 Å². The molecule has 134 valence electrons. The average Bonchev–Trinajstić information content (AvgIpc) is 3.06. The Balaban J connectivity index is 1.80. The molecule has 7 nitrogen and oxygen atoms in total. The number of sulfonamides is 1. The van der Waals surface area contributed by atoms with Gasteiger partial charge in [0.1, 0.15) is 8.55 Å². The fraction of sp³-hybridized carbons (Fsp3) is 0. The van der Waals surface area contributed by atoms with Crippen molar-refractivity contribution in [3.63, 3.8) is 0 Å². The molecule has 0 fully saturated rings. The first-order valence-corrected chi connectivity index (χ1v) is 9.93. The predicted molar refractivity (Wildman–Crippen MR) is 98.1 cm³/mol. The molecule has 0 saturated carbocycles. The molecular weight excluding hydrogens is 423 g/mol. The van der Waals surface area contributed by atoms with Crippen molar-refractivity contribution in [3.8, 4) is 0 Å². The van der Waals surface area contributed by atoms with Crippen molar-refractivity contribution in [2.45, 2.75) is 4.21 Å². The van der Waals surface area contributed by atoms with Crippen LogP contribution in [0.3, 0.4) is 0 Å². The number of carbonyl (C=O) groups excluding carboxylic acids is 3. The Morgan fingerprint density at radius 3 is 2.62 bits per heavy atom. The molecule has 11 heteroatoms. The van der Waals surface area contributed by atoms with Gasteiger partial charge in [-0.1, -0.05) is 35.3 Å². The van der Waals surface area contributed by atoms with E-state index in [4.69, 9.17) is 23.2 Å². The highest BCUT2D eigenvalue weighted by Crippen LogP contribution is 2.34. The van der Waals surface area contributed by atoms with Crippen LogP contribution in [-0.2, 0) is 19.6 Å². The lowest BCUT2D eigenvalue weighted by molar-refractivity contribution is -0.115. The van der Waals surface area contributed by atoms with Crippen LogP contribution in [0.15, 0.2) is 34.6 Å². The maximum atomic E-state index is 12.1. The summed E-state index contributed by atoms with van der Waals surface area (Å²) in [6.45, 7) is 0. The molecule has 2 heterocycles. The zero-order chi connectivity index (χ0) is 19.1. The van der Waals surface area contributed by atoms with Gasteiger partial charge in [-0.2, -0.15) is 0 Å². The SMILES string of the molecule is O=C(/C=C/c1cccc2c1C(=O)C(=O)N2)NS(=O)(=O)c1cc(Cl)c(Cl)s1. The van der Waals surface area contributed by atoms with Crippen molar-refractivity contribution in [3.05, 3.63) is 50.8 Å². The van der Waals surface area contributed by atoms with Crippen LogP contribution in [0.2, 0.25) is 9.36 Å². The standard InChI is InChI=1S/C15H8Cl2N2O5S2/c16-8-6-11(25-14(8)17)26(23,24)19-10(20)5-4-7-2-1-3-9-12(7)13(21)15(22)18-9/h1-6H,(H,19,20)(H,18,21,22)/b5-4+. The van der Waals surface area contributed by atoms with Crippen LogP contribution in [0.4, 0.5) is 5.69 Å². The molecule has 0 atom stereocenters. The number of Topliss-reactive ketones (excluding diaryl/α,β-unsaturated/α-hetero) is 1. The number of carbonyl (C=O) groups is 3. The van der Waals surface area contributed by atoms with E-state index in [0.717, 1.165) is 12.1 Å². The molecule has 2 aromatic rings. The number of rotatable bonds is 4. The van der Waals surface area contributed by atoms with E-state index in [2.05, 4.69) is 5.32 Å². The molecule has 2 amide bonds. The molecule has 1 aromatic heterocycles. The molecule has 2 N–H and O–H groups in total. The maximum Gasteiger partial charge on any atom is 0.296 e. The first-order valence-electron chi connectivity index (χ1n) is 6.87. The summed E-state index contributed by atoms with van der Waals surface area (Å²) in [6.07, 6.45) is 2.19. The largest absolute Gasteiger partial charge is 0.318 e. The van der Waals surface area contributed by atoms with Crippen LogP contribution in [0.1, 0.15) is 15.9 Å². The van der Waals surface area contributed by atoms with E-state index in [1.54, 1.807) is 12.1 Å². The Hall–Kier alpha value is -2.20. The predicted octanol–water partition coefficient (Wildman–Crippen LogP) is 2.71. The Labute approximate surface area is 161 Å². The number of anilines is 1. The van der Waals surface area contributed by atoms with E-state index in [0.29, 0.717) is 22.6 Å². The van der Waals surface area contributed by atoms with Crippen LogP contribution in [-0.4, -0.2) is 26.0 Å². The van der Waals surface area contributed by atoms with Gasteiger partial charge in [-0.05, 0) is 23.8 Å². The van der Waals surface area contributed by atoms with Gasteiger partial charge < -0.3 is 5.32 Å². The lowest BCUT2D eigenvalue weighted by atomic mass is 10.0. The van der Waals surface area contributed by atoms with Gasteiger partial charge in [-0.25, -0.2) is 13.1 Å². The van der Waals surface area contributed by atoms with Crippen molar-refractivity contribution >= 4 is 73.9 Å². The van der Waals surface area contributed by atoms with Crippen LogP contribution >= 0.6 is 34.5 Å². The molecule has 1 aliphatic heterocycles. The van der Waals surface area contributed by atoms with Crippen molar-refractivity contribution in [1.29, 1.82) is 0 Å². The third-order valence-corrected chi connectivity index (χ3v) is 7.00. The normalized spacial score (nSPS) is 13.8. The lowest BCUT2D eigenvalue weighted by Gasteiger charge is -2.03. The highest BCUT2D eigenvalue weighted by atomic mass is 35.5. The minimum atomic E-state index is -4.13. The van der Waals surface area contributed by atoms with E-state index in [1.807, 2.05) is 4.72 Å². The Morgan fingerprint density at radius 2 is 1.96 bits per heavy atom. The first-order chi connectivity index (χ1) is 12.2. The molecule has 1 aliphatic rings. The van der Waals surface area contributed by atoms with Gasteiger partial charge >= 0.3 is 0 Å². The quantitative estimate of drug-likeness (QED) is 0.572. The summed E-state index contributed by atoms with van der Waals surface area (Å²) in [6, 6.07) is 5.79. The van der Waals surface area contributed by atoms with Crippen LogP contribution in [0.5, 0.6) is 0 Å². The Morgan fingerprint density at radius 1 is 1.23 bits per heavy atom. The minimum absolute atomic E-state index is 0.0653. The average molecular weight is 431 g/mol. The molecule has 0 spiro atoms. The van der Waals surface area contributed by atoms with E-state index in [1.165, 1.54) is 12.1 Å². The summed E-state index contributed by atoms with van der Waals surface area (Å²) in [5.74, 6) is -2.43. The number of fused-ring (bicyclic) bond motifs is 1. The Kier molecular flexibility index (Phi) is 4.89. The molecule has 0 unspecified atom stereocenters. The summed E-state index contributed by atoms with van der Waals surface area (Å²) >= 11 is 12.1. The van der Waals surface area contributed by atoms with Crippen LogP contribution in [0, 0.1) is 0 Å². The van der Waals surface area contributed by atoms with Gasteiger partial charge in [0.15, 0.2) is 0 Å². The molecule has 0 bridgehead atoms. The first kappa shape index (κ1) is 18.6. The number of halogens is 2. The third-order valence-electron chi connectivity index (χ3n) is 3.31. The summed E-state index contributed by atoms with van der Waals surface area (Å²) in [7, 11) is -4.13. The maximum absolute atomic E-state index is 12.1. The molecule has 26 heavy (non-hydrogen) atoms. The summed E-state index contributed by atoms with van der Waals surface area (Å²) in [5.41, 5.74) is 0.764. The summed E-state index contributed by atoms with van der Waals surface area (Å²) < 4.78 is 26.0. The van der Waals surface area contributed by atoms with Crippen molar-refractivity contribution in [2.75, 3.05) is 5.32 Å². The van der Waals surface area contributed by atoms with Gasteiger partial charge in [0, 0.05) is 6.08 Å². The second kappa shape index (κ2) is 6.84. The van der Waals surface area contributed by atoms with Gasteiger partial charge in [0.05, 0.1) is 16.3 Å². The number of ketones is 1. The molecule has 0 aliphatic carbocycles. The number of amides is 2. The van der Waals surface area contributed by atoms with Gasteiger partial charge in [0.25, 0.3) is 27.6 Å². The zero-order valence-corrected chi connectivity index (χ0v) is 15.7. The fourth-order valence-corrected chi connectivity index (χ4v) is 5.03. The number of benzene rings is 1. The van der Waals surface area contributed by atoms with E-state index < -0.39 is 27.6 Å². The van der Waals surface area contributed by atoms with Crippen molar-refractivity contribution in [2.24, 2.45) is 0 Å². The second-order valence-electron chi connectivity index (χ2n) is 5.04. The highest BCUT2D eigenvalue weighted by molar-refractivity contribution is 7.92. The monoisotopic (exact) mass is 430 g/mol. The molecule has 3 rings (SSSR count). The topological polar surface area (TPSA) is 109 Å². The highest BCUT2D eigenvalue weighted by Gasteiger charge is 2.29. The number of nitrogens with one attached hydrogen (secondary N) is 2. The molecule has 0 saturated heterocycles. The number of hydrogen-bond acceptors (Lipinski definition) is 6. The molecule has 0 radical (unpaired) electrons. The number of thiophene rings is 1. The zero-order valence-electron chi connectivity index (χ0n) is 12.6. The summed E-state index contributed by atoms with van der Waals surface area (Å²) in [4.78, 5) is 35.2. The van der Waals surface area contributed by atoms with Gasteiger partial charge in [0.2, 0.25) is 0 Å². The Bertz CT molecular complexity index is 1070. The van der Waals surface area contributed by atoms with E-state index >= 15 is 0 Å². The molecule has 1 aromatic carbocycles. The van der Waals surface area contributed by atoms with Gasteiger partial charge in [-0.15, -0.1) is 11.3 Å². The van der Waals surface area contributed by atoms with E-state index in [-0.39, 0.29) is 19.1 Å². The van der Waals surface area contributed by atoms with Crippen molar-refractivity contribution < 1.29 is 22.8 Å². The summed E-state index contributed by atoms with van der Waals surface area (Å²) in [5, 5.41) is 2.47. The van der Waals surface area contributed by atoms with Crippen LogP contribution < -0.4 is 10.0 Å². The lowest BCUT2D eigenvalue weighted by Crippen LogP contribution is -2.28. The number of hydrogen-bond donors (Lipinski definition) is 2. The molecular formula is C15H8Cl2N2O5S2. The van der Waals surface area contributed by atoms with E-state index in [9.17, 15) is 22.8 Å². The van der Waals surface area contributed by atoms with Gasteiger partial charge in [-0.3, -0.25) is 14.4 Å². The minimum Gasteiger partial charge on any atom is -0.318 e. The fourth-order valence-electron chi connectivity index (χ4n) is 2.20. The second-order valence-corrected chi connectivity index (χ2v) is 9.01. The van der Waals surface area contributed by atoms with Crippen molar-refractivity contribution in [1.82, 2.24) is 4.72 Å². The smallest absolute Gasteiger partial charge is 0.296 e.